The third kappa shape index (κ3) is 3.04. The first kappa shape index (κ1) is 13.0. The van der Waals surface area contributed by atoms with Crippen molar-refractivity contribution in [3.63, 3.8) is 0 Å². The molecule has 1 fully saturated rings. The molecular weight excluding hydrogens is 252 g/mol. The molecule has 98 valence electrons. The molecule has 1 aliphatic heterocycles. The first-order valence-electron chi connectivity index (χ1n) is 6.01. The molecule has 2 heterocycles. The number of aromatic nitrogens is 1. The Morgan fingerprint density at radius 3 is 2.72 bits per heavy atom. The number of nitrogens with zero attached hydrogens (tertiary/aromatic N) is 2. The highest BCUT2D eigenvalue weighted by atomic mass is 35.5. The van der Waals surface area contributed by atoms with Crippen molar-refractivity contribution in [2.45, 2.75) is 19.3 Å². The summed E-state index contributed by atoms with van der Waals surface area (Å²) in [4.78, 5) is 17.2. The van der Waals surface area contributed by atoms with Crippen LogP contribution in [0, 0.1) is 5.92 Å². The van der Waals surface area contributed by atoms with Crippen LogP contribution < -0.4 is 16.4 Å². The number of hydrogen-bond acceptors (Lipinski definition) is 4. The Bertz CT molecular complexity index is 444. The molecule has 0 unspecified atom stereocenters. The van der Waals surface area contributed by atoms with Crippen molar-refractivity contribution < 1.29 is 4.79 Å². The molecule has 0 atom stereocenters. The van der Waals surface area contributed by atoms with Crippen molar-refractivity contribution >= 4 is 29.0 Å². The van der Waals surface area contributed by atoms with Gasteiger partial charge in [-0.25, -0.2) is 4.98 Å². The molecule has 18 heavy (non-hydrogen) atoms. The van der Waals surface area contributed by atoms with E-state index >= 15 is 0 Å². The van der Waals surface area contributed by atoms with Crippen molar-refractivity contribution in [1.82, 2.24) is 4.98 Å². The molecule has 4 N–H and O–H groups in total. The number of carbonyl (C=O) groups excluding carboxylic acids is 1. The van der Waals surface area contributed by atoms with Crippen LogP contribution in [-0.4, -0.2) is 24.0 Å². The standard InChI is InChI=1S/C12H17ClN4O/c13-10-2-1-9(14)12(16-10)17-5-3-8(4-6-17)7-11(15)18/h1-2,8H,3-7,14H2,(H2,15,18). The van der Waals surface area contributed by atoms with Gasteiger partial charge in [0.2, 0.25) is 5.91 Å². The number of amides is 1. The second-order valence-electron chi connectivity index (χ2n) is 4.65. The topological polar surface area (TPSA) is 85.2 Å². The molecule has 6 heteroatoms. The third-order valence-corrected chi connectivity index (χ3v) is 3.49. The zero-order chi connectivity index (χ0) is 13.1. The molecule has 1 aromatic heterocycles. The van der Waals surface area contributed by atoms with Gasteiger partial charge in [-0.3, -0.25) is 4.79 Å². The lowest BCUT2D eigenvalue weighted by atomic mass is 9.93. The number of rotatable bonds is 3. The van der Waals surface area contributed by atoms with Crippen LogP contribution >= 0.6 is 11.6 Å². The van der Waals surface area contributed by atoms with Gasteiger partial charge < -0.3 is 16.4 Å². The molecule has 1 aromatic rings. The zero-order valence-electron chi connectivity index (χ0n) is 10.1. The lowest BCUT2D eigenvalue weighted by Gasteiger charge is -2.33. The van der Waals surface area contributed by atoms with Crippen LogP contribution in [0.5, 0.6) is 0 Å². The molecule has 0 aliphatic carbocycles. The minimum Gasteiger partial charge on any atom is -0.396 e. The number of hydrogen-bond donors (Lipinski definition) is 2. The summed E-state index contributed by atoms with van der Waals surface area (Å²) in [5, 5.41) is 0.443. The van der Waals surface area contributed by atoms with Crippen LogP contribution in [0.25, 0.3) is 0 Å². The third-order valence-electron chi connectivity index (χ3n) is 3.28. The highest BCUT2D eigenvalue weighted by Crippen LogP contribution is 2.28. The van der Waals surface area contributed by atoms with Gasteiger partial charge in [0.05, 0.1) is 5.69 Å². The number of halogens is 1. The molecule has 1 saturated heterocycles. The largest absolute Gasteiger partial charge is 0.396 e. The molecule has 1 amide bonds. The van der Waals surface area contributed by atoms with Gasteiger partial charge in [-0.15, -0.1) is 0 Å². The molecule has 1 aliphatic rings. The van der Waals surface area contributed by atoms with Gasteiger partial charge >= 0.3 is 0 Å². The van der Waals surface area contributed by atoms with E-state index in [-0.39, 0.29) is 5.91 Å². The van der Waals surface area contributed by atoms with Gasteiger partial charge in [0.1, 0.15) is 5.15 Å². The van der Waals surface area contributed by atoms with Crippen LogP contribution in [0.2, 0.25) is 5.15 Å². The van der Waals surface area contributed by atoms with E-state index in [0.29, 0.717) is 23.2 Å². The Labute approximate surface area is 111 Å². The normalized spacial score (nSPS) is 16.8. The van der Waals surface area contributed by atoms with E-state index in [0.717, 1.165) is 31.7 Å². The van der Waals surface area contributed by atoms with Crippen LogP contribution in [0.1, 0.15) is 19.3 Å². The Hall–Kier alpha value is -1.49. The fourth-order valence-corrected chi connectivity index (χ4v) is 2.47. The van der Waals surface area contributed by atoms with E-state index in [4.69, 9.17) is 23.1 Å². The number of nitrogen functional groups attached to an aromatic ring is 1. The Morgan fingerprint density at radius 2 is 2.11 bits per heavy atom. The van der Waals surface area contributed by atoms with Crippen molar-refractivity contribution in [3.8, 4) is 0 Å². The van der Waals surface area contributed by atoms with E-state index in [9.17, 15) is 4.79 Å². The van der Waals surface area contributed by atoms with Crippen molar-refractivity contribution in [2.24, 2.45) is 11.7 Å². The molecular formula is C12H17ClN4O. The van der Waals surface area contributed by atoms with E-state index in [1.54, 1.807) is 12.1 Å². The molecule has 5 nitrogen and oxygen atoms in total. The Balaban J connectivity index is 2.01. The lowest BCUT2D eigenvalue weighted by molar-refractivity contribution is -0.119. The number of pyridine rings is 1. The maximum Gasteiger partial charge on any atom is 0.217 e. The number of anilines is 2. The fourth-order valence-electron chi connectivity index (χ4n) is 2.32. The van der Waals surface area contributed by atoms with Gasteiger partial charge in [-0.1, -0.05) is 11.6 Å². The summed E-state index contributed by atoms with van der Waals surface area (Å²) in [7, 11) is 0. The van der Waals surface area contributed by atoms with Crippen LogP contribution in [-0.2, 0) is 4.79 Å². The molecule has 0 saturated carbocycles. The minimum absolute atomic E-state index is 0.228. The minimum atomic E-state index is -0.228. The predicted octanol–water partition coefficient (Wildman–Crippen LogP) is 1.41. The maximum absolute atomic E-state index is 10.9. The van der Waals surface area contributed by atoms with Crippen LogP contribution in [0.3, 0.4) is 0 Å². The summed E-state index contributed by atoms with van der Waals surface area (Å²) in [6, 6.07) is 3.44. The first-order chi connectivity index (χ1) is 8.56. The van der Waals surface area contributed by atoms with Crippen molar-refractivity contribution in [3.05, 3.63) is 17.3 Å². The van der Waals surface area contributed by atoms with Gasteiger partial charge in [0.25, 0.3) is 0 Å². The van der Waals surface area contributed by atoms with E-state index in [2.05, 4.69) is 9.88 Å². The summed E-state index contributed by atoms with van der Waals surface area (Å²) in [5.41, 5.74) is 11.7. The summed E-state index contributed by atoms with van der Waals surface area (Å²) >= 11 is 5.88. The number of primary amides is 1. The van der Waals surface area contributed by atoms with Crippen LogP contribution in [0.15, 0.2) is 12.1 Å². The van der Waals surface area contributed by atoms with E-state index < -0.39 is 0 Å². The monoisotopic (exact) mass is 268 g/mol. The second kappa shape index (κ2) is 5.44. The van der Waals surface area contributed by atoms with Crippen LogP contribution in [0.4, 0.5) is 11.5 Å². The van der Waals surface area contributed by atoms with Gasteiger partial charge in [0.15, 0.2) is 5.82 Å². The fraction of sp³-hybridized carbons (Fsp3) is 0.500. The van der Waals surface area contributed by atoms with E-state index in [1.807, 2.05) is 0 Å². The van der Waals surface area contributed by atoms with E-state index in [1.165, 1.54) is 0 Å². The van der Waals surface area contributed by atoms with Crippen molar-refractivity contribution in [1.29, 1.82) is 0 Å². The molecule has 2 rings (SSSR count). The molecule has 0 spiro atoms. The maximum atomic E-state index is 10.9. The second-order valence-corrected chi connectivity index (χ2v) is 5.03. The first-order valence-corrected chi connectivity index (χ1v) is 6.39. The quantitative estimate of drug-likeness (QED) is 0.812. The van der Waals surface area contributed by atoms with Gasteiger partial charge in [-0.2, -0.15) is 0 Å². The number of nitrogens with two attached hydrogens (primary N) is 2. The van der Waals surface area contributed by atoms with Gasteiger partial charge in [-0.05, 0) is 30.9 Å². The Morgan fingerprint density at radius 1 is 1.44 bits per heavy atom. The zero-order valence-corrected chi connectivity index (χ0v) is 10.9. The predicted molar refractivity (Wildman–Crippen MR) is 72.4 cm³/mol. The van der Waals surface area contributed by atoms with Gasteiger partial charge in [0, 0.05) is 19.5 Å². The lowest BCUT2D eigenvalue weighted by Crippen LogP contribution is -2.36. The summed E-state index contributed by atoms with van der Waals surface area (Å²) in [6.45, 7) is 1.66. The smallest absolute Gasteiger partial charge is 0.217 e. The summed E-state index contributed by atoms with van der Waals surface area (Å²) in [5.74, 6) is 0.882. The highest BCUT2D eigenvalue weighted by Gasteiger charge is 2.22. The van der Waals surface area contributed by atoms with Crippen molar-refractivity contribution in [2.75, 3.05) is 23.7 Å². The summed E-state index contributed by atoms with van der Waals surface area (Å²) in [6.07, 6.45) is 2.32. The average Bonchev–Trinajstić information content (AvgIpc) is 2.33. The summed E-state index contributed by atoms with van der Waals surface area (Å²) < 4.78 is 0. The highest BCUT2D eigenvalue weighted by molar-refractivity contribution is 6.29. The number of carbonyl (C=O) groups is 1. The number of piperidine rings is 1. The Kier molecular flexibility index (Phi) is 3.91. The average molecular weight is 269 g/mol. The SMILES string of the molecule is NC(=O)CC1CCN(c2nc(Cl)ccc2N)CC1. The molecule has 0 aromatic carbocycles. The molecule has 0 radical (unpaired) electrons. The molecule has 0 bridgehead atoms.